The van der Waals surface area contributed by atoms with Gasteiger partial charge in [0.05, 0.1) is 5.56 Å². The first-order valence-corrected chi connectivity index (χ1v) is 6.65. The Balaban J connectivity index is 2.30. The van der Waals surface area contributed by atoms with E-state index in [-0.39, 0.29) is 5.92 Å². The molecule has 0 heterocycles. The molecule has 0 saturated heterocycles. The van der Waals surface area contributed by atoms with Crippen LogP contribution >= 0.6 is 0 Å². The van der Waals surface area contributed by atoms with Gasteiger partial charge in [-0.25, -0.2) is 0 Å². The molecule has 106 valence electrons. The Morgan fingerprint density at radius 2 is 1.30 bits per heavy atom. The van der Waals surface area contributed by atoms with Gasteiger partial charge in [-0.2, -0.15) is 13.2 Å². The van der Waals surface area contributed by atoms with Crippen molar-refractivity contribution in [2.75, 3.05) is 0 Å². The fourth-order valence-electron chi connectivity index (χ4n) is 2.37. The van der Waals surface area contributed by atoms with Crippen molar-refractivity contribution in [1.82, 2.24) is 0 Å². The van der Waals surface area contributed by atoms with Crippen LogP contribution in [0, 0.1) is 6.92 Å². The Bertz CT molecular complexity index is 550. The predicted octanol–water partition coefficient (Wildman–Crippen LogP) is 5.56. The summed E-state index contributed by atoms with van der Waals surface area (Å²) in [6.45, 7) is 4.06. The predicted molar refractivity (Wildman–Crippen MR) is 74.8 cm³/mol. The topological polar surface area (TPSA) is 0 Å². The van der Waals surface area contributed by atoms with E-state index in [0.717, 1.165) is 29.7 Å². The molecule has 2 rings (SSSR count). The van der Waals surface area contributed by atoms with E-state index in [4.69, 9.17) is 0 Å². The lowest BCUT2D eigenvalue weighted by Gasteiger charge is -2.17. The van der Waals surface area contributed by atoms with Gasteiger partial charge in [0.15, 0.2) is 0 Å². The number of hydrogen-bond acceptors (Lipinski definition) is 0. The highest BCUT2D eigenvalue weighted by atomic mass is 19.4. The molecule has 0 aromatic heterocycles. The summed E-state index contributed by atoms with van der Waals surface area (Å²) in [7, 11) is 0. The second-order valence-corrected chi connectivity index (χ2v) is 4.99. The summed E-state index contributed by atoms with van der Waals surface area (Å²) in [6.07, 6.45) is -3.42. The second kappa shape index (κ2) is 5.70. The molecule has 0 saturated carbocycles. The lowest BCUT2D eigenvalue weighted by atomic mass is 9.88. The Kier molecular flexibility index (Phi) is 4.17. The molecule has 1 unspecified atom stereocenters. The molecule has 20 heavy (non-hydrogen) atoms. The molecule has 2 aromatic rings. The minimum atomic E-state index is -4.27. The summed E-state index contributed by atoms with van der Waals surface area (Å²) in [6, 6.07) is 13.6. The van der Waals surface area contributed by atoms with Gasteiger partial charge in [0.25, 0.3) is 0 Å². The lowest BCUT2D eigenvalue weighted by Crippen LogP contribution is -2.06. The van der Waals surface area contributed by atoms with Crippen LogP contribution in [0.15, 0.2) is 48.5 Å². The number of rotatable bonds is 3. The van der Waals surface area contributed by atoms with Crippen molar-refractivity contribution in [3.63, 3.8) is 0 Å². The highest BCUT2D eigenvalue weighted by Gasteiger charge is 2.30. The first kappa shape index (κ1) is 14.6. The quantitative estimate of drug-likeness (QED) is 0.690. The fraction of sp³-hybridized carbons (Fsp3) is 0.294. The average Bonchev–Trinajstić information content (AvgIpc) is 2.41. The average molecular weight is 278 g/mol. The maximum absolute atomic E-state index is 12.6. The van der Waals surface area contributed by atoms with Gasteiger partial charge in [0.1, 0.15) is 0 Å². The third-order valence-corrected chi connectivity index (χ3v) is 3.53. The summed E-state index contributed by atoms with van der Waals surface area (Å²) in [4.78, 5) is 0. The number of benzene rings is 2. The molecule has 2 aromatic carbocycles. The Morgan fingerprint density at radius 1 is 0.850 bits per heavy atom. The highest BCUT2D eigenvalue weighted by molar-refractivity contribution is 5.35. The van der Waals surface area contributed by atoms with Crippen LogP contribution in [0.25, 0.3) is 0 Å². The van der Waals surface area contributed by atoms with Crippen molar-refractivity contribution in [2.45, 2.75) is 32.4 Å². The van der Waals surface area contributed by atoms with Crippen molar-refractivity contribution >= 4 is 0 Å². The molecule has 3 heteroatoms. The fourth-order valence-corrected chi connectivity index (χ4v) is 2.37. The maximum Gasteiger partial charge on any atom is 0.416 e. The van der Waals surface area contributed by atoms with Crippen molar-refractivity contribution in [1.29, 1.82) is 0 Å². The zero-order valence-electron chi connectivity index (χ0n) is 11.5. The molecule has 0 aliphatic rings. The Hall–Kier alpha value is -1.77. The first-order valence-electron chi connectivity index (χ1n) is 6.65. The Labute approximate surface area is 117 Å². The zero-order chi connectivity index (χ0) is 14.8. The number of aryl methyl sites for hydroxylation is 1. The van der Waals surface area contributed by atoms with E-state index in [0.29, 0.717) is 0 Å². The summed E-state index contributed by atoms with van der Waals surface area (Å²) in [5.74, 6) is 0.137. The third-order valence-electron chi connectivity index (χ3n) is 3.53. The molecule has 0 fully saturated rings. The largest absolute Gasteiger partial charge is 0.416 e. The van der Waals surface area contributed by atoms with Crippen molar-refractivity contribution in [2.24, 2.45) is 0 Å². The number of halogens is 3. The van der Waals surface area contributed by atoms with Crippen LogP contribution in [-0.2, 0) is 6.18 Å². The van der Waals surface area contributed by atoms with E-state index >= 15 is 0 Å². The molecule has 0 aliphatic heterocycles. The molecular weight excluding hydrogens is 261 g/mol. The standard InChI is InChI=1S/C17H17F3/c1-3-16(13-6-4-12(2)5-7-13)14-8-10-15(11-9-14)17(18,19)20/h4-11,16H,3H2,1-2H3. The highest BCUT2D eigenvalue weighted by Crippen LogP contribution is 2.32. The monoisotopic (exact) mass is 278 g/mol. The van der Waals surface area contributed by atoms with Crippen molar-refractivity contribution < 1.29 is 13.2 Å². The van der Waals surface area contributed by atoms with E-state index in [9.17, 15) is 13.2 Å². The van der Waals surface area contributed by atoms with Gasteiger partial charge in [-0.05, 0) is 36.6 Å². The summed E-state index contributed by atoms with van der Waals surface area (Å²) >= 11 is 0. The summed E-state index contributed by atoms with van der Waals surface area (Å²) in [5, 5.41) is 0. The second-order valence-electron chi connectivity index (χ2n) is 4.99. The Morgan fingerprint density at radius 3 is 1.70 bits per heavy atom. The molecule has 0 nitrogen and oxygen atoms in total. The maximum atomic E-state index is 12.6. The molecule has 0 spiro atoms. The molecule has 0 aliphatic carbocycles. The van der Waals surface area contributed by atoms with Crippen LogP contribution in [0.5, 0.6) is 0 Å². The van der Waals surface area contributed by atoms with Crippen LogP contribution < -0.4 is 0 Å². The normalized spacial score (nSPS) is 13.2. The first-order chi connectivity index (χ1) is 9.41. The van der Waals surface area contributed by atoms with E-state index in [1.807, 2.05) is 38.1 Å². The van der Waals surface area contributed by atoms with Crippen molar-refractivity contribution in [3.05, 3.63) is 70.8 Å². The van der Waals surface area contributed by atoms with Gasteiger partial charge in [-0.1, -0.05) is 48.9 Å². The van der Waals surface area contributed by atoms with Crippen LogP contribution in [0.1, 0.15) is 41.5 Å². The van der Waals surface area contributed by atoms with Crippen LogP contribution in [-0.4, -0.2) is 0 Å². The van der Waals surface area contributed by atoms with E-state index in [1.54, 1.807) is 12.1 Å². The number of hydrogen-bond donors (Lipinski definition) is 0. The molecule has 0 radical (unpaired) electrons. The van der Waals surface area contributed by atoms with Crippen molar-refractivity contribution in [3.8, 4) is 0 Å². The smallest absolute Gasteiger partial charge is 0.166 e. The minimum absolute atomic E-state index is 0.137. The molecule has 0 N–H and O–H groups in total. The van der Waals surface area contributed by atoms with E-state index in [1.165, 1.54) is 5.56 Å². The van der Waals surface area contributed by atoms with Gasteiger partial charge < -0.3 is 0 Å². The van der Waals surface area contributed by atoms with Gasteiger partial charge in [-0.15, -0.1) is 0 Å². The SMILES string of the molecule is CCC(c1ccc(C)cc1)c1ccc(C(F)(F)F)cc1. The minimum Gasteiger partial charge on any atom is -0.166 e. The van der Waals surface area contributed by atoms with E-state index < -0.39 is 11.7 Å². The van der Waals surface area contributed by atoms with Crippen LogP contribution in [0.3, 0.4) is 0 Å². The molecular formula is C17H17F3. The number of alkyl halides is 3. The van der Waals surface area contributed by atoms with Gasteiger partial charge in [-0.3, -0.25) is 0 Å². The summed E-state index contributed by atoms with van der Waals surface area (Å²) < 4.78 is 37.7. The molecule has 1 atom stereocenters. The van der Waals surface area contributed by atoms with Gasteiger partial charge in [0.2, 0.25) is 0 Å². The van der Waals surface area contributed by atoms with E-state index in [2.05, 4.69) is 0 Å². The summed E-state index contributed by atoms with van der Waals surface area (Å²) in [5.41, 5.74) is 2.64. The molecule has 0 bridgehead atoms. The van der Waals surface area contributed by atoms with Gasteiger partial charge >= 0.3 is 6.18 Å². The lowest BCUT2D eigenvalue weighted by molar-refractivity contribution is -0.137. The van der Waals surface area contributed by atoms with Crippen LogP contribution in [0.2, 0.25) is 0 Å². The third kappa shape index (κ3) is 3.21. The molecule has 0 amide bonds. The zero-order valence-corrected chi connectivity index (χ0v) is 11.5. The van der Waals surface area contributed by atoms with Gasteiger partial charge in [0, 0.05) is 5.92 Å². The van der Waals surface area contributed by atoms with Crippen LogP contribution in [0.4, 0.5) is 13.2 Å².